The first-order valence-corrected chi connectivity index (χ1v) is 8.67. The third-order valence-corrected chi connectivity index (χ3v) is 4.78. The first kappa shape index (κ1) is 15.1. The van der Waals surface area contributed by atoms with Gasteiger partial charge in [0.2, 0.25) is 10.0 Å². The van der Waals surface area contributed by atoms with Crippen molar-refractivity contribution >= 4 is 26.9 Å². The van der Waals surface area contributed by atoms with Gasteiger partial charge in [-0.1, -0.05) is 5.16 Å². The molecular formula is C12H17N5O4S. The fourth-order valence-electron chi connectivity index (χ4n) is 2.38. The molecule has 0 spiro atoms. The summed E-state index contributed by atoms with van der Waals surface area (Å²) in [7, 11) is -3.20. The Labute approximate surface area is 127 Å². The van der Waals surface area contributed by atoms with Gasteiger partial charge < -0.3 is 14.6 Å². The Morgan fingerprint density at radius 1 is 1.45 bits per heavy atom. The van der Waals surface area contributed by atoms with Crippen molar-refractivity contribution in [1.29, 1.82) is 0 Å². The zero-order valence-electron chi connectivity index (χ0n) is 12.3. The molecule has 3 rings (SSSR count). The second-order valence-corrected chi connectivity index (χ2v) is 7.15. The Morgan fingerprint density at radius 2 is 2.27 bits per heavy atom. The third-order valence-electron chi connectivity index (χ3n) is 3.51. The number of fused-ring (bicyclic) bond motifs is 1. The molecule has 1 atom stereocenters. The minimum absolute atomic E-state index is 0.242. The molecule has 0 unspecified atom stereocenters. The summed E-state index contributed by atoms with van der Waals surface area (Å²) in [6.07, 6.45) is 2.35. The molecule has 3 heterocycles. The van der Waals surface area contributed by atoms with Crippen LogP contribution in [0.4, 0.5) is 5.82 Å². The van der Waals surface area contributed by atoms with E-state index in [2.05, 4.69) is 20.4 Å². The van der Waals surface area contributed by atoms with Crippen molar-refractivity contribution in [3.05, 3.63) is 12.0 Å². The minimum Gasteiger partial charge on any atom is -0.374 e. The average molecular weight is 327 g/mol. The number of morpholine rings is 1. The van der Waals surface area contributed by atoms with Gasteiger partial charge in [-0.05, 0) is 6.92 Å². The number of aryl methyl sites for hydroxylation is 1. The van der Waals surface area contributed by atoms with E-state index in [0.29, 0.717) is 43.5 Å². The van der Waals surface area contributed by atoms with Crippen LogP contribution in [0.25, 0.3) is 11.1 Å². The van der Waals surface area contributed by atoms with Crippen LogP contribution >= 0.6 is 0 Å². The molecule has 2 aromatic rings. The molecule has 0 amide bonds. The normalized spacial score (nSPS) is 20.4. The van der Waals surface area contributed by atoms with Crippen molar-refractivity contribution in [2.24, 2.45) is 0 Å². The van der Waals surface area contributed by atoms with Crippen molar-refractivity contribution in [3.8, 4) is 0 Å². The zero-order chi connectivity index (χ0) is 15.7. The summed E-state index contributed by atoms with van der Waals surface area (Å²) >= 11 is 0. The predicted octanol–water partition coefficient (Wildman–Crippen LogP) is -0.00148. The number of hydrogen-bond donors (Lipinski definition) is 1. The van der Waals surface area contributed by atoms with Crippen LogP contribution in [0, 0.1) is 6.92 Å². The Balaban J connectivity index is 1.70. The van der Waals surface area contributed by atoms with Crippen LogP contribution in [-0.4, -0.2) is 66.4 Å². The maximum Gasteiger partial charge on any atom is 0.263 e. The summed E-state index contributed by atoms with van der Waals surface area (Å²) in [4.78, 5) is 8.19. The molecule has 22 heavy (non-hydrogen) atoms. The molecule has 0 saturated carbocycles. The molecule has 1 fully saturated rings. The molecule has 0 aliphatic carbocycles. The van der Waals surface area contributed by atoms with Gasteiger partial charge in [0.25, 0.3) is 5.71 Å². The SMILES string of the molecule is Cc1noc2ncnc(NC[C@H]3CN(S(C)(=O)=O)CCO3)c12. The molecular weight excluding hydrogens is 310 g/mol. The van der Waals surface area contributed by atoms with E-state index >= 15 is 0 Å². The van der Waals surface area contributed by atoms with Crippen LogP contribution in [0.15, 0.2) is 10.9 Å². The highest BCUT2D eigenvalue weighted by molar-refractivity contribution is 7.88. The van der Waals surface area contributed by atoms with Crippen molar-refractivity contribution in [3.63, 3.8) is 0 Å². The molecule has 120 valence electrons. The van der Waals surface area contributed by atoms with E-state index in [1.165, 1.54) is 16.9 Å². The second kappa shape index (κ2) is 5.78. The Bertz CT molecular complexity index is 775. The van der Waals surface area contributed by atoms with E-state index in [1.54, 1.807) is 0 Å². The zero-order valence-corrected chi connectivity index (χ0v) is 13.1. The number of anilines is 1. The lowest BCUT2D eigenvalue weighted by molar-refractivity contribution is 0.00702. The minimum atomic E-state index is -3.20. The quantitative estimate of drug-likeness (QED) is 0.835. The number of rotatable bonds is 4. The van der Waals surface area contributed by atoms with Gasteiger partial charge in [0.05, 0.1) is 24.7 Å². The lowest BCUT2D eigenvalue weighted by atomic mass is 10.2. The highest BCUT2D eigenvalue weighted by Crippen LogP contribution is 2.22. The number of sulfonamides is 1. The Kier molecular flexibility index (Phi) is 3.98. The molecule has 9 nitrogen and oxygen atoms in total. The lowest BCUT2D eigenvalue weighted by Crippen LogP contribution is -2.47. The van der Waals surface area contributed by atoms with Gasteiger partial charge in [-0.25, -0.2) is 13.4 Å². The molecule has 0 aromatic carbocycles. The maximum absolute atomic E-state index is 11.6. The van der Waals surface area contributed by atoms with Crippen LogP contribution in [-0.2, 0) is 14.8 Å². The van der Waals surface area contributed by atoms with Gasteiger partial charge in [0.15, 0.2) is 0 Å². The van der Waals surface area contributed by atoms with Crippen LogP contribution in [0.5, 0.6) is 0 Å². The summed E-state index contributed by atoms with van der Waals surface area (Å²) in [6.45, 7) is 3.33. The van der Waals surface area contributed by atoms with Crippen molar-refractivity contribution in [2.75, 3.05) is 37.8 Å². The number of ether oxygens (including phenoxy) is 1. The number of hydrogen-bond acceptors (Lipinski definition) is 8. The van der Waals surface area contributed by atoms with Gasteiger partial charge >= 0.3 is 0 Å². The van der Waals surface area contributed by atoms with Crippen molar-refractivity contribution < 1.29 is 17.7 Å². The molecule has 0 radical (unpaired) electrons. The van der Waals surface area contributed by atoms with E-state index in [0.717, 1.165) is 5.39 Å². The van der Waals surface area contributed by atoms with Gasteiger partial charge in [-0.15, -0.1) is 0 Å². The molecule has 0 bridgehead atoms. The van der Waals surface area contributed by atoms with Crippen LogP contribution in [0.2, 0.25) is 0 Å². The number of nitrogens with one attached hydrogen (secondary N) is 1. The molecule has 1 aliphatic rings. The first-order chi connectivity index (χ1) is 10.4. The molecule has 1 N–H and O–H groups in total. The summed E-state index contributed by atoms with van der Waals surface area (Å²) in [6, 6.07) is 0. The van der Waals surface area contributed by atoms with Crippen LogP contribution in [0.3, 0.4) is 0 Å². The highest BCUT2D eigenvalue weighted by Gasteiger charge is 2.26. The molecule has 10 heteroatoms. The maximum atomic E-state index is 11.6. The fourth-order valence-corrected chi connectivity index (χ4v) is 3.23. The number of aromatic nitrogens is 3. The van der Waals surface area contributed by atoms with E-state index in [4.69, 9.17) is 9.26 Å². The largest absolute Gasteiger partial charge is 0.374 e. The molecule has 1 saturated heterocycles. The number of nitrogens with zero attached hydrogens (tertiary/aromatic N) is 4. The summed E-state index contributed by atoms with van der Waals surface area (Å²) < 4.78 is 35.3. The molecule has 2 aromatic heterocycles. The topological polar surface area (TPSA) is 110 Å². The Hall–Kier alpha value is -1.78. The van der Waals surface area contributed by atoms with E-state index in [9.17, 15) is 8.42 Å². The highest BCUT2D eigenvalue weighted by atomic mass is 32.2. The van der Waals surface area contributed by atoms with E-state index in [-0.39, 0.29) is 6.10 Å². The van der Waals surface area contributed by atoms with E-state index < -0.39 is 10.0 Å². The summed E-state index contributed by atoms with van der Waals surface area (Å²) in [5, 5.41) is 7.74. The van der Waals surface area contributed by atoms with Gasteiger partial charge in [-0.2, -0.15) is 9.29 Å². The van der Waals surface area contributed by atoms with Crippen molar-refractivity contribution in [1.82, 2.24) is 19.4 Å². The second-order valence-electron chi connectivity index (χ2n) is 5.17. The van der Waals surface area contributed by atoms with E-state index in [1.807, 2.05) is 6.92 Å². The van der Waals surface area contributed by atoms with Crippen LogP contribution in [0.1, 0.15) is 5.69 Å². The molecule has 1 aliphatic heterocycles. The fraction of sp³-hybridized carbons (Fsp3) is 0.583. The van der Waals surface area contributed by atoms with Crippen LogP contribution < -0.4 is 5.32 Å². The predicted molar refractivity (Wildman–Crippen MR) is 79.0 cm³/mol. The summed E-state index contributed by atoms with van der Waals surface area (Å²) in [5.41, 5.74) is 1.11. The first-order valence-electron chi connectivity index (χ1n) is 6.82. The lowest BCUT2D eigenvalue weighted by Gasteiger charge is -2.31. The summed E-state index contributed by atoms with van der Waals surface area (Å²) in [5.74, 6) is 0.601. The third kappa shape index (κ3) is 3.03. The van der Waals surface area contributed by atoms with Gasteiger partial charge in [-0.3, -0.25) is 0 Å². The standard InChI is InChI=1S/C12H17N5O4S/c1-8-10-11(14-7-15-12(10)21-16-8)13-5-9-6-17(3-4-20-9)22(2,18)19/h7,9H,3-6H2,1-2H3,(H,13,14,15)/t9-/m0/s1. The average Bonchev–Trinajstić information content (AvgIpc) is 2.87. The van der Waals surface area contributed by atoms with Gasteiger partial charge in [0.1, 0.15) is 17.5 Å². The van der Waals surface area contributed by atoms with Gasteiger partial charge in [0, 0.05) is 19.6 Å². The Morgan fingerprint density at radius 3 is 3.05 bits per heavy atom. The monoisotopic (exact) mass is 327 g/mol. The van der Waals surface area contributed by atoms with Crippen molar-refractivity contribution in [2.45, 2.75) is 13.0 Å². The smallest absolute Gasteiger partial charge is 0.263 e.